The van der Waals surface area contributed by atoms with Gasteiger partial charge in [0.25, 0.3) is 5.92 Å². The van der Waals surface area contributed by atoms with Crippen LogP contribution in [0.2, 0.25) is 0 Å². The zero-order valence-corrected chi connectivity index (χ0v) is 15.4. The molecule has 6 heteroatoms. The first-order valence-corrected chi connectivity index (χ1v) is 9.41. The molecule has 0 amide bonds. The molecule has 0 radical (unpaired) electrons. The van der Waals surface area contributed by atoms with Gasteiger partial charge in [-0.3, -0.25) is 9.59 Å². The maximum atomic E-state index is 13.8. The second kappa shape index (κ2) is 11.2. The van der Waals surface area contributed by atoms with Crippen LogP contribution in [0.15, 0.2) is 24.3 Å². The Bertz CT molecular complexity index is 514. The molecular formula is C20H30F2O4. The first kappa shape index (κ1) is 22.5. The maximum Gasteiger partial charge on any atom is 0.303 e. The number of ketones is 1. The largest absolute Gasteiger partial charge is 0.481 e. The van der Waals surface area contributed by atoms with E-state index in [0.29, 0.717) is 44.9 Å². The number of aliphatic hydroxyl groups is 1. The van der Waals surface area contributed by atoms with Crippen molar-refractivity contribution < 1.29 is 28.6 Å². The lowest BCUT2D eigenvalue weighted by Gasteiger charge is -2.21. The van der Waals surface area contributed by atoms with Crippen molar-refractivity contribution in [2.45, 2.75) is 76.7 Å². The van der Waals surface area contributed by atoms with Crippen LogP contribution in [0.25, 0.3) is 0 Å². The van der Waals surface area contributed by atoms with E-state index < -0.39 is 18.0 Å². The predicted octanol–water partition coefficient (Wildman–Crippen LogP) is 4.53. The summed E-state index contributed by atoms with van der Waals surface area (Å²) in [6.07, 6.45) is 8.06. The van der Waals surface area contributed by atoms with Crippen LogP contribution in [0.1, 0.15) is 64.7 Å². The zero-order chi connectivity index (χ0) is 19.6. The molecule has 1 aliphatic carbocycles. The van der Waals surface area contributed by atoms with Crippen LogP contribution >= 0.6 is 0 Å². The third-order valence-corrected chi connectivity index (χ3v) is 4.83. The van der Waals surface area contributed by atoms with E-state index in [2.05, 4.69) is 0 Å². The van der Waals surface area contributed by atoms with Crippen molar-refractivity contribution in [3.8, 4) is 0 Å². The molecule has 0 aromatic carbocycles. The highest BCUT2D eigenvalue weighted by Gasteiger charge is 2.37. The number of unbranched alkanes of at least 4 members (excludes halogenated alkanes) is 1. The van der Waals surface area contributed by atoms with Crippen LogP contribution < -0.4 is 0 Å². The van der Waals surface area contributed by atoms with Crippen LogP contribution in [-0.4, -0.2) is 34.0 Å². The molecule has 0 aromatic rings. The monoisotopic (exact) mass is 372 g/mol. The van der Waals surface area contributed by atoms with Gasteiger partial charge in [-0.2, -0.15) is 0 Å². The highest BCUT2D eigenvalue weighted by atomic mass is 19.3. The number of carboxylic acid groups (broad SMARTS) is 1. The Morgan fingerprint density at radius 1 is 1.35 bits per heavy atom. The van der Waals surface area contributed by atoms with Crippen molar-refractivity contribution in [1.82, 2.24) is 0 Å². The Morgan fingerprint density at radius 3 is 2.69 bits per heavy atom. The highest BCUT2D eigenvalue weighted by molar-refractivity contribution is 5.83. The average molecular weight is 372 g/mol. The van der Waals surface area contributed by atoms with E-state index in [1.807, 2.05) is 13.0 Å². The van der Waals surface area contributed by atoms with Gasteiger partial charge >= 0.3 is 5.97 Å². The number of carboxylic acids is 1. The Labute approximate surface area is 154 Å². The number of rotatable bonds is 12. The molecular weight excluding hydrogens is 342 g/mol. The van der Waals surface area contributed by atoms with Gasteiger partial charge in [-0.05, 0) is 38.0 Å². The predicted molar refractivity (Wildman–Crippen MR) is 96.1 cm³/mol. The first-order valence-electron chi connectivity index (χ1n) is 9.41. The van der Waals surface area contributed by atoms with Gasteiger partial charge in [-0.15, -0.1) is 0 Å². The lowest BCUT2D eigenvalue weighted by atomic mass is 9.90. The molecule has 148 valence electrons. The third kappa shape index (κ3) is 7.77. The molecule has 1 rings (SSSR count). The fourth-order valence-electron chi connectivity index (χ4n) is 3.21. The van der Waals surface area contributed by atoms with Gasteiger partial charge < -0.3 is 10.2 Å². The summed E-state index contributed by atoms with van der Waals surface area (Å²) in [5.41, 5.74) is 0. The maximum absolute atomic E-state index is 13.8. The van der Waals surface area contributed by atoms with Crippen LogP contribution in [-0.2, 0) is 9.59 Å². The van der Waals surface area contributed by atoms with Gasteiger partial charge in [0, 0.05) is 25.2 Å². The molecule has 0 bridgehead atoms. The second-order valence-electron chi connectivity index (χ2n) is 6.95. The summed E-state index contributed by atoms with van der Waals surface area (Å²) < 4.78 is 27.6. The van der Waals surface area contributed by atoms with E-state index in [0.717, 1.165) is 6.08 Å². The normalized spacial score (nSPS) is 22.5. The summed E-state index contributed by atoms with van der Waals surface area (Å²) in [6, 6.07) is 0. The van der Waals surface area contributed by atoms with E-state index >= 15 is 0 Å². The van der Waals surface area contributed by atoms with E-state index in [-0.39, 0.29) is 30.5 Å². The smallest absolute Gasteiger partial charge is 0.303 e. The number of carbonyl (C=O) groups excluding carboxylic acids is 1. The van der Waals surface area contributed by atoms with Crippen molar-refractivity contribution in [2.75, 3.05) is 0 Å². The molecule has 1 aliphatic rings. The van der Waals surface area contributed by atoms with Crippen molar-refractivity contribution in [3.05, 3.63) is 24.3 Å². The van der Waals surface area contributed by atoms with Crippen LogP contribution in [0.3, 0.4) is 0 Å². The minimum Gasteiger partial charge on any atom is -0.481 e. The number of halogens is 2. The topological polar surface area (TPSA) is 74.6 Å². The lowest BCUT2D eigenvalue weighted by molar-refractivity contribution is -0.136. The Morgan fingerprint density at radius 2 is 2.04 bits per heavy atom. The van der Waals surface area contributed by atoms with Crippen molar-refractivity contribution in [2.24, 2.45) is 11.8 Å². The van der Waals surface area contributed by atoms with Crippen LogP contribution in [0.4, 0.5) is 8.78 Å². The van der Waals surface area contributed by atoms with E-state index in [4.69, 9.17) is 5.11 Å². The van der Waals surface area contributed by atoms with Crippen molar-refractivity contribution >= 4 is 11.8 Å². The number of allylic oxidation sites excluding steroid dienone is 3. The quantitative estimate of drug-likeness (QED) is 0.494. The summed E-state index contributed by atoms with van der Waals surface area (Å²) in [5.74, 6) is -4.19. The molecule has 3 atom stereocenters. The van der Waals surface area contributed by atoms with Gasteiger partial charge in [0.2, 0.25) is 0 Å². The lowest BCUT2D eigenvalue weighted by Crippen LogP contribution is -2.31. The number of aliphatic hydroxyl groups excluding tert-OH is 1. The molecule has 26 heavy (non-hydrogen) atoms. The Hall–Kier alpha value is -1.56. The second-order valence-corrected chi connectivity index (χ2v) is 6.95. The van der Waals surface area contributed by atoms with E-state index in [1.165, 1.54) is 0 Å². The molecule has 1 saturated carbocycles. The van der Waals surface area contributed by atoms with Gasteiger partial charge in [0.05, 0.1) is 0 Å². The van der Waals surface area contributed by atoms with E-state index in [9.17, 15) is 23.5 Å². The number of carbonyl (C=O) groups is 2. The number of alkyl halides is 2. The van der Waals surface area contributed by atoms with Crippen LogP contribution in [0.5, 0.6) is 0 Å². The minimum absolute atomic E-state index is 0.0777. The SMILES string of the molecule is CCCCC(F)(F)C(O)C=C[C@H]1CCC(=O)[C@@H]1CC/C=C/CCC(=O)O. The van der Waals surface area contributed by atoms with Gasteiger partial charge in [0.1, 0.15) is 11.9 Å². The number of aliphatic carboxylic acids is 1. The fourth-order valence-corrected chi connectivity index (χ4v) is 3.21. The molecule has 1 unspecified atom stereocenters. The number of Topliss-reactive ketones (excluding diaryl/α,β-unsaturated/α-hetero) is 1. The van der Waals surface area contributed by atoms with Crippen molar-refractivity contribution in [1.29, 1.82) is 0 Å². The highest BCUT2D eigenvalue weighted by Crippen LogP contribution is 2.34. The summed E-state index contributed by atoms with van der Waals surface area (Å²) in [4.78, 5) is 22.5. The summed E-state index contributed by atoms with van der Waals surface area (Å²) >= 11 is 0. The third-order valence-electron chi connectivity index (χ3n) is 4.83. The van der Waals surface area contributed by atoms with Gasteiger partial charge in [0.15, 0.2) is 0 Å². The molecule has 0 heterocycles. The molecule has 1 fully saturated rings. The van der Waals surface area contributed by atoms with Gasteiger partial charge in [-0.1, -0.05) is 37.6 Å². The Kier molecular flexibility index (Phi) is 9.70. The molecule has 0 aromatic heterocycles. The molecule has 0 saturated heterocycles. The number of hydrogen-bond donors (Lipinski definition) is 2. The fraction of sp³-hybridized carbons (Fsp3) is 0.700. The standard InChI is InChI=1S/C20H30F2O4/c1-2-3-14-20(21,22)18(24)13-11-15-10-12-17(23)16(15)8-6-4-5-7-9-19(25)26/h4-5,11,13,15-16,18,24H,2-3,6-10,12,14H2,1H3,(H,25,26)/b5-4+,13-11?/t15-,16-,18?/m1/s1. The average Bonchev–Trinajstić information content (AvgIpc) is 2.93. The molecule has 2 N–H and O–H groups in total. The zero-order valence-electron chi connectivity index (χ0n) is 15.4. The van der Waals surface area contributed by atoms with E-state index in [1.54, 1.807) is 12.2 Å². The van der Waals surface area contributed by atoms with Gasteiger partial charge in [-0.25, -0.2) is 8.78 Å². The summed E-state index contributed by atoms with van der Waals surface area (Å²) in [6.45, 7) is 1.82. The van der Waals surface area contributed by atoms with Crippen LogP contribution in [0, 0.1) is 11.8 Å². The summed E-state index contributed by atoms with van der Waals surface area (Å²) in [5, 5.41) is 18.3. The Balaban J connectivity index is 2.51. The summed E-state index contributed by atoms with van der Waals surface area (Å²) in [7, 11) is 0. The molecule has 0 aliphatic heterocycles. The molecule has 0 spiro atoms. The minimum atomic E-state index is -3.14. The number of hydrogen-bond acceptors (Lipinski definition) is 3. The first-order chi connectivity index (χ1) is 12.3. The van der Waals surface area contributed by atoms with Crippen molar-refractivity contribution in [3.63, 3.8) is 0 Å². The molecule has 4 nitrogen and oxygen atoms in total.